The van der Waals surface area contributed by atoms with Gasteiger partial charge in [-0.2, -0.15) is 0 Å². The molecule has 0 saturated heterocycles. The standard InChI is InChI=1S/C28H29N3O2S/c1-20(2)31-27(33)24-15-9-10-16-25(24)30-28(31)34-19-26(32)29-18-17-23(21-11-5-3-6-12-21)22-13-7-4-8-14-22/h3-16,20,23H,17-19H2,1-2H3,(H,29,32). The number of thioether (sulfide) groups is 1. The summed E-state index contributed by atoms with van der Waals surface area (Å²) < 4.78 is 1.67. The van der Waals surface area contributed by atoms with Crippen molar-refractivity contribution in [3.8, 4) is 0 Å². The molecule has 6 heteroatoms. The summed E-state index contributed by atoms with van der Waals surface area (Å²) in [5.74, 6) is 0.352. The van der Waals surface area contributed by atoms with Crippen molar-refractivity contribution in [1.29, 1.82) is 0 Å². The van der Waals surface area contributed by atoms with E-state index in [9.17, 15) is 9.59 Å². The van der Waals surface area contributed by atoms with Gasteiger partial charge in [0.05, 0.1) is 16.7 Å². The van der Waals surface area contributed by atoms with Crippen molar-refractivity contribution in [3.05, 3.63) is 106 Å². The van der Waals surface area contributed by atoms with E-state index in [1.807, 2.05) is 68.4 Å². The lowest BCUT2D eigenvalue weighted by molar-refractivity contribution is -0.118. The van der Waals surface area contributed by atoms with Gasteiger partial charge in [-0.1, -0.05) is 84.6 Å². The second-order valence-electron chi connectivity index (χ2n) is 8.48. The predicted molar refractivity (Wildman–Crippen MR) is 139 cm³/mol. The van der Waals surface area contributed by atoms with Gasteiger partial charge in [-0.3, -0.25) is 14.2 Å². The Morgan fingerprint density at radius 1 is 0.912 bits per heavy atom. The van der Waals surface area contributed by atoms with Gasteiger partial charge in [0.25, 0.3) is 5.56 Å². The molecule has 34 heavy (non-hydrogen) atoms. The topological polar surface area (TPSA) is 64.0 Å². The molecule has 1 N–H and O–H groups in total. The molecule has 0 bridgehead atoms. The fourth-order valence-electron chi connectivity index (χ4n) is 4.12. The maximum atomic E-state index is 13.0. The van der Waals surface area contributed by atoms with E-state index in [0.717, 1.165) is 6.42 Å². The van der Waals surface area contributed by atoms with Gasteiger partial charge in [0.15, 0.2) is 5.16 Å². The Hall–Kier alpha value is -3.38. The minimum atomic E-state index is -0.0722. The van der Waals surface area contributed by atoms with Crippen LogP contribution in [0.1, 0.15) is 43.4 Å². The first kappa shape index (κ1) is 23.8. The van der Waals surface area contributed by atoms with E-state index in [1.165, 1.54) is 22.9 Å². The number of amides is 1. The number of hydrogen-bond donors (Lipinski definition) is 1. The fraction of sp³-hybridized carbons (Fsp3) is 0.250. The van der Waals surface area contributed by atoms with Crippen LogP contribution in [0.25, 0.3) is 10.9 Å². The molecule has 0 aliphatic rings. The largest absolute Gasteiger partial charge is 0.355 e. The highest BCUT2D eigenvalue weighted by Crippen LogP contribution is 2.27. The molecule has 0 atom stereocenters. The summed E-state index contributed by atoms with van der Waals surface area (Å²) in [6, 6.07) is 28.0. The van der Waals surface area contributed by atoms with Crippen LogP contribution in [0.4, 0.5) is 0 Å². The van der Waals surface area contributed by atoms with Crippen LogP contribution >= 0.6 is 11.8 Å². The van der Waals surface area contributed by atoms with Crippen molar-refractivity contribution in [1.82, 2.24) is 14.9 Å². The van der Waals surface area contributed by atoms with E-state index in [4.69, 9.17) is 0 Å². The van der Waals surface area contributed by atoms with Gasteiger partial charge < -0.3 is 5.32 Å². The molecule has 4 rings (SSSR count). The molecule has 5 nitrogen and oxygen atoms in total. The molecule has 0 unspecified atom stereocenters. The summed E-state index contributed by atoms with van der Waals surface area (Å²) in [6.45, 7) is 4.47. The second kappa shape index (κ2) is 11.2. The summed E-state index contributed by atoms with van der Waals surface area (Å²) >= 11 is 1.30. The average Bonchev–Trinajstić information content (AvgIpc) is 2.86. The first-order chi connectivity index (χ1) is 16.5. The molecular weight excluding hydrogens is 442 g/mol. The summed E-state index contributed by atoms with van der Waals surface area (Å²) in [5.41, 5.74) is 3.05. The molecule has 1 amide bonds. The van der Waals surface area contributed by atoms with Gasteiger partial charge >= 0.3 is 0 Å². The maximum Gasteiger partial charge on any atom is 0.262 e. The zero-order valence-corrected chi connectivity index (χ0v) is 20.3. The summed E-state index contributed by atoms with van der Waals surface area (Å²) in [7, 11) is 0. The zero-order valence-electron chi connectivity index (χ0n) is 19.5. The van der Waals surface area contributed by atoms with Crippen molar-refractivity contribution in [2.24, 2.45) is 0 Å². The number of rotatable bonds is 9. The fourth-order valence-corrected chi connectivity index (χ4v) is 5.07. The number of benzene rings is 3. The lowest BCUT2D eigenvalue weighted by Crippen LogP contribution is -2.29. The van der Waals surface area contributed by atoms with Crippen LogP contribution in [-0.2, 0) is 4.79 Å². The van der Waals surface area contributed by atoms with Crippen molar-refractivity contribution in [2.75, 3.05) is 12.3 Å². The van der Waals surface area contributed by atoms with Crippen LogP contribution in [0.5, 0.6) is 0 Å². The van der Waals surface area contributed by atoms with Crippen molar-refractivity contribution in [3.63, 3.8) is 0 Å². The van der Waals surface area contributed by atoms with Crippen LogP contribution in [0, 0.1) is 0 Å². The van der Waals surface area contributed by atoms with Gasteiger partial charge in [-0.05, 0) is 43.5 Å². The van der Waals surface area contributed by atoms with E-state index in [-0.39, 0.29) is 29.2 Å². The molecule has 1 heterocycles. The van der Waals surface area contributed by atoms with Crippen LogP contribution < -0.4 is 10.9 Å². The smallest absolute Gasteiger partial charge is 0.262 e. The lowest BCUT2D eigenvalue weighted by atomic mass is 9.88. The number of hydrogen-bond acceptors (Lipinski definition) is 4. The molecule has 0 saturated carbocycles. The number of nitrogens with one attached hydrogen (secondary N) is 1. The highest BCUT2D eigenvalue weighted by atomic mass is 32.2. The number of aromatic nitrogens is 2. The Bertz CT molecular complexity index is 1260. The van der Waals surface area contributed by atoms with Crippen molar-refractivity contribution < 1.29 is 4.79 Å². The van der Waals surface area contributed by atoms with Crippen LogP contribution in [0.3, 0.4) is 0 Å². The molecule has 0 radical (unpaired) electrons. The normalized spacial score (nSPS) is 11.3. The summed E-state index contributed by atoms with van der Waals surface area (Å²) in [6.07, 6.45) is 0.801. The van der Waals surface area contributed by atoms with Crippen molar-refractivity contribution >= 4 is 28.6 Å². The summed E-state index contributed by atoms with van der Waals surface area (Å²) in [5, 5.41) is 4.21. The van der Waals surface area contributed by atoms with E-state index < -0.39 is 0 Å². The first-order valence-electron chi connectivity index (χ1n) is 11.5. The molecule has 0 aliphatic heterocycles. The minimum absolute atomic E-state index is 0.0485. The molecule has 1 aromatic heterocycles. The highest BCUT2D eigenvalue weighted by Gasteiger charge is 2.17. The number of fused-ring (bicyclic) bond motifs is 1. The molecule has 0 aliphatic carbocycles. The van der Waals surface area contributed by atoms with Gasteiger partial charge in [-0.15, -0.1) is 0 Å². The zero-order chi connectivity index (χ0) is 23.9. The molecule has 3 aromatic carbocycles. The number of carbonyl (C=O) groups is 1. The third kappa shape index (κ3) is 5.57. The number of para-hydroxylation sites is 1. The lowest BCUT2D eigenvalue weighted by Gasteiger charge is -2.19. The van der Waals surface area contributed by atoms with E-state index in [2.05, 4.69) is 34.6 Å². The molecule has 0 spiro atoms. The Morgan fingerprint density at radius 2 is 1.50 bits per heavy atom. The van der Waals surface area contributed by atoms with Crippen molar-refractivity contribution in [2.45, 2.75) is 37.4 Å². The average molecular weight is 472 g/mol. The Morgan fingerprint density at radius 3 is 2.12 bits per heavy atom. The summed E-state index contributed by atoms with van der Waals surface area (Å²) in [4.78, 5) is 30.3. The van der Waals surface area contributed by atoms with Gasteiger partial charge in [0, 0.05) is 18.5 Å². The maximum absolute atomic E-state index is 13.0. The quantitative estimate of drug-likeness (QED) is 0.262. The van der Waals surface area contributed by atoms with Gasteiger partial charge in [0.1, 0.15) is 0 Å². The SMILES string of the molecule is CC(C)n1c(SCC(=O)NCCC(c2ccccc2)c2ccccc2)nc2ccccc2c1=O. The highest BCUT2D eigenvalue weighted by molar-refractivity contribution is 7.99. The predicted octanol–water partition coefficient (Wildman–Crippen LogP) is 5.41. The third-order valence-corrected chi connectivity index (χ3v) is 6.74. The molecule has 174 valence electrons. The van der Waals surface area contributed by atoms with E-state index in [0.29, 0.717) is 22.6 Å². The van der Waals surface area contributed by atoms with Gasteiger partial charge in [-0.25, -0.2) is 4.98 Å². The van der Waals surface area contributed by atoms with Gasteiger partial charge in [0.2, 0.25) is 5.91 Å². The number of carbonyl (C=O) groups excluding carboxylic acids is 1. The number of nitrogens with zero attached hydrogens (tertiary/aromatic N) is 2. The Kier molecular flexibility index (Phi) is 7.80. The minimum Gasteiger partial charge on any atom is -0.355 e. The molecular formula is C28H29N3O2S. The first-order valence-corrected chi connectivity index (χ1v) is 12.5. The Labute approximate surface area is 204 Å². The van der Waals surface area contributed by atoms with E-state index in [1.54, 1.807) is 10.6 Å². The van der Waals surface area contributed by atoms with Crippen LogP contribution in [-0.4, -0.2) is 27.8 Å². The monoisotopic (exact) mass is 471 g/mol. The van der Waals surface area contributed by atoms with Crippen LogP contribution in [0.15, 0.2) is 94.9 Å². The molecule has 4 aromatic rings. The van der Waals surface area contributed by atoms with E-state index >= 15 is 0 Å². The third-order valence-electron chi connectivity index (χ3n) is 5.78. The second-order valence-corrected chi connectivity index (χ2v) is 9.42. The molecule has 0 fully saturated rings. The van der Waals surface area contributed by atoms with Crippen LogP contribution in [0.2, 0.25) is 0 Å². The Balaban J connectivity index is 1.41.